The number of benzene rings is 1. The van der Waals surface area contributed by atoms with Crippen molar-refractivity contribution >= 4 is 5.69 Å². The Bertz CT molecular complexity index is 406. The Morgan fingerprint density at radius 1 is 1.25 bits per heavy atom. The second kappa shape index (κ2) is 7.53. The van der Waals surface area contributed by atoms with E-state index in [-0.39, 0.29) is 6.10 Å². The SMILES string of the molecule is CCN1CCCC(Nc2ccccc2OC(C)C)CC1. The number of nitrogens with zero attached hydrogens (tertiary/aromatic N) is 1. The molecule has 0 amide bonds. The van der Waals surface area contributed by atoms with E-state index in [0.717, 1.165) is 11.4 Å². The highest BCUT2D eigenvalue weighted by Crippen LogP contribution is 2.27. The van der Waals surface area contributed by atoms with Crippen molar-refractivity contribution in [3.05, 3.63) is 24.3 Å². The van der Waals surface area contributed by atoms with Crippen LogP contribution in [0.25, 0.3) is 0 Å². The van der Waals surface area contributed by atoms with Gasteiger partial charge in [-0.3, -0.25) is 0 Å². The molecular weight excluding hydrogens is 248 g/mol. The number of nitrogens with one attached hydrogen (secondary N) is 1. The molecule has 0 aliphatic carbocycles. The molecule has 0 spiro atoms. The summed E-state index contributed by atoms with van der Waals surface area (Å²) in [6.45, 7) is 9.99. The van der Waals surface area contributed by atoms with Crippen LogP contribution in [0.4, 0.5) is 5.69 Å². The molecule has 0 aromatic heterocycles. The quantitative estimate of drug-likeness (QED) is 0.886. The number of hydrogen-bond donors (Lipinski definition) is 1. The first kappa shape index (κ1) is 15.2. The van der Waals surface area contributed by atoms with E-state index < -0.39 is 0 Å². The predicted octanol–water partition coefficient (Wildman–Crippen LogP) is 3.76. The van der Waals surface area contributed by atoms with Gasteiger partial charge in [-0.25, -0.2) is 0 Å². The van der Waals surface area contributed by atoms with Crippen molar-refractivity contribution in [2.75, 3.05) is 25.0 Å². The zero-order valence-electron chi connectivity index (χ0n) is 13.1. The van der Waals surface area contributed by atoms with Crippen molar-refractivity contribution < 1.29 is 4.74 Å². The molecule has 1 aromatic rings. The van der Waals surface area contributed by atoms with Crippen LogP contribution in [-0.4, -0.2) is 36.7 Å². The van der Waals surface area contributed by atoms with E-state index in [1.807, 2.05) is 6.07 Å². The molecule has 0 bridgehead atoms. The summed E-state index contributed by atoms with van der Waals surface area (Å²) in [6.07, 6.45) is 3.94. The maximum absolute atomic E-state index is 5.89. The van der Waals surface area contributed by atoms with Gasteiger partial charge in [0.1, 0.15) is 5.75 Å². The third-order valence-corrected chi connectivity index (χ3v) is 3.88. The van der Waals surface area contributed by atoms with Crippen LogP contribution in [0.2, 0.25) is 0 Å². The fourth-order valence-electron chi connectivity index (χ4n) is 2.78. The minimum Gasteiger partial charge on any atom is -0.489 e. The number of anilines is 1. The van der Waals surface area contributed by atoms with Gasteiger partial charge in [0.15, 0.2) is 0 Å². The largest absolute Gasteiger partial charge is 0.489 e. The van der Waals surface area contributed by atoms with E-state index >= 15 is 0 Å². The first-order valence-corrected chi connectivity index (χ1v) is 7.93. The van der Waals surface area contributed by atoms with E-state index in [1.54, 1.807) is 0 Å². The Morgan fingerprint density at radius 2 is 2.05 bits per heavy atom. The Hall–Kier alpha value is -1.22. The molecule has 1 unspecified atom stereocenters. The lowest BCUT2D eigenvalue weighted by Crippen LogP contribution is -2.26. The highest BCUT2D eigenvalue weighted by molar-refractivity contribution is 5.56. The lowest BCUT2D eigenvalue weighted by molar-refractivity contribution is 0.243. The van der Waals surface area contributed by atoms with Gasteiger partial charge in [0, 0.05) is 12.6 Å². The van der Waals surface area contributed by atoms with E-state index in [2.05, 4.69) is 49.2 Å². The van der Waals surface area contributed by atoms with Crippen molar-refractivity contribution in [3.63, 3.8) is 0 Å². The molecule has 0 radical (unpaired) electrons. The molecule has 1 aliphatic rings. The summed E-state index contributed by atoms with van der Waals surface area (Å²) in [6, 6.07) is 8.85. The first-order valence-electron chi connectivity index (χ1n) is 7.93. The predicted molar refractivity (Wildman–Crippen MR) is 85.6 cm³/mol. The second-order valence-electron chi connectivity index (χ2n) is 5.87. The second-order valence-corrected chi connectivity index (χ2v) is 5.87. The smallest absolute Gasteiger partial charge is 0.142 e. The topological polar surface area (TPSA) is 24.5 Å². The molecule has 1 fully saturated rings. The number of ether oxygens (including phenoxy) is 1. The van der Waals surface area contributed by atoms with E-state index in [1.165, 1.54) is 38.9 Å². The minimum absolute atomic E-state index is 0.211. The van der Waals surface area contributed by atoms with Gasteiger partial charge in [-0.1, -0.05) is 19.1 Å². The number of rotatable bonds is 5. The van der Waals surface area contributed by atoms with Gasteiger partial charge in [0.2, 0.25) is 0 Å². The van der Waals surface area contributed by atoms with Crippen LogP contribution in [0.15, 0.2) is 24.3 Å². The fourth-order valence-corrected chi connectivity index (χ4v) is 2.78. The lowest BCUT2D eigenvalue weighted by atomic mass is 10.1. The van der Waals surface area contributed by atoms with Gasteiger partial charge in [-0.05, 0) is 58.3 Å². The number of hydrogen-bond acceptors (Lipinski definition) is 3. The monoisotopic (exact) mass is 276 g/mol. The Kier molecular flexibility index (Phi) is 5.72. The third kappa shape index (κ3) is 4.41. The summed E-state index contributed by atoms with van der Waals surface area (Å²) in [5.74, 6) is 0.971. The summed E-state index contributed by atoms with van der Waals surface area (Å²) >= 11 is 0. The molecule has 1 atom stereocenters. The zero-order chi connectivity index (χ0) is 14.4. The third-order valence-electron chi connectivity index (χ3n) is 3.88. The molecule has 112 valence electrons. The maximum atomic E-state index is 5.89. The summed E-state index contributed by atoms with van der Waals surface area (Å²) in [7, 11) is 0. The lowest BCUT2D eigenvalue weighted by Gasteiger charge is -2.21. The fraction of sp³-hybridized carbons (Fsp3) is 0.647. The standard InChI is InChI=1S/C17H28N2O/c1-4-19-12-7-8-15(11-13-19)18-16-9-5-6-10-17(16)20-14(2)3/h5-6,9-10,14-15,18H,4,7-8,11-13H2,1-3H3. The average molecular weight is 276 g/mol. The normalized spacial score (nSPS) is 20.7. The average Bonchev–Trinajstić information content (AvgIpc) is 2.65. The van der Waals surface area contributed by atoms with Gasteiger partial charge in [0.25, 0.3) is 0 Å². The van der Waals surface area contributed by atoms with Gasteiger partial charge < -0.3 is 15.0 Å². The molecule has 3 nitrogen and oxygen atoms in total. The van der Waals surface area contributed by atoms with Crippen LogP contribution in [0.3, 0.4) is 0 Å². The van der Waals surface area contributed by atoms with E-state index in [9.17, 15) is 0 Å². The highest BCUT2D eigenvalue weighted by atomic mass is 16.5. The van der Waals surface area contributed by atoms with Gasteiger partial charge >= 0.3 is 0 Å². The Labute approximate surface area is 123 Å². The summed E-state index contributed by atoms with van der Waals surface area (Å²) in [4.78, 5) is 2.54. The van der Waals surface area contributed by atoms with Crippen molar-refractivity contribution in [3.8, 4) is 5.75 Å². The molecule has 20 heavy (non-hydrogen) atoms. The van der Waals surface area contributed by atoms with Crippen LogP contribution in [0, 0.1) is 0 Å². The summed E-state index contributed by atoms with van der Waals surface area (Å²) < 4.78 is 5.89. The minimum atomic E-state index is 0.211. The highest BCUT2D eigenvalue weighted by Gasteiger charge is 2.17. The van der Waals surface area contributed by atoms with Crippen LogP contribution in [0.5, 0.6) is 5.75 Å². The van der Waals surface area contributed by atoms with Gasteiger partial charge in [0.05, 0.1) is 11.8 Å². The molecule has 0 saturated carbocycles. The number of likely N-dealkylation sites (tertiary alicyclic amines) is 1. The Morgan fingerprint density at radius 3 is 2.80 bits per heavy atom. The van der Waals surface area contributed by atoms with Crippen LogP contribution >= 0.6 is 0 Å². The molecule has 2 rings (SSSR count). The number of para-hydroxylation sites is 2. The van der Waals surface area contributed by atoms with Crippen molar-refractivity contribution in [2.45, 2.75) is 52.2 Å². The first-order chi connectivity index (χ1) is 9.69. The molecule has 1 heterocycles. The summed E-state index contributed by atoms with van der Waals surface area (Å²) in [5, 5.41) is 3.69. The zero-order valence-corrected chi connectivity index (χ0v) is 13.1. The maximum Gasteiger partial charge on any atom is 0.142 e. The molecule has 1 N–H and O–H groups in total. The van der Waals surface area contributed by atoms with Gasteiger partial charge in [-0.2, -0.15) is 0 Å². The Balaban J connectivity index is 1.98. The van der Waals surface area contributed by atoms with E-state index in [0.29, 0.717) is 6.04 Å². The van der Waals surface area contributed by atoms with Crippen molar-refractivity contribution in [1.29, 1.82) is 0 Å². The van der Waals surface area contributed by atoms with Crippen molar-refractivity contribution in [2.24, 2.45) is 0 Å². The molecule has 1 aromatic carbocycles. The van der Waals surface area contributed by atoms with Crippen LogP contribution < -0.4 is 10.1 Å². The van der Waals surface area contributed by atoms with Crippen LogP contribution in [-0.2, 0) is 0 Å². The van der Waals surface area contributed by atoms with Crippen LogP contribution in [0.1, 0.15) is 40.0 Å². The molecular formula is C17H28N2O. The van der Waals surface area contributed by atoms with E-state index in [4.69, 9.17) is 4.74 Å². The molecule has 1 aliphatic heterocycles. The van der Waals surface area contributed by atoms with Gasteiger partial charge in [-0.15, -0.1) is 0 Å². The molecule has 1 saturated heterocycles. The summed E-state index contributed by atoms with van der Waals surface area (Å²) in [5.41, 5.74) is 1.14. The molecule has 3 heteroatoms. The van der Waals surface area contributed by atoms with Crippen molar-refractivity contribution in [1.82, 2.24) is 4.90 Å².